The van der Waals surface area contributed by atoms with Crippen molar-refractivity contribution in [2.45, 2.75) is 0 Å². The van der Waals surface area contributed by atoms with Gasteiger partial charge >= 0.3 is 0 Å². The van der Waals surface area contributed by atoms with Gasteiger partial charge in [-0.3, -0.25) is 0 Å². The van der Waals surface area contributed by atoms with Crippen molar-refractivity contribution in [3.05, 3.63) is 64.7 Å². The first-order valence-corrected chi connectivity index (χ1v) is 6.84. The molecule has 2 aromatic carbocycles. The molecule has 0 saturated heterocycles. The summed E-state index contributed by atoms with van der Waals surface area (Å²) < 4.78 is 0. The summed E-state index contributed by atoms with van der Waals surface area (Å²) in [5.74, 6) is 0. The third-order valence-corrected chi connectivity index (χ3v) is 3.73. The van der Waals surface area contributed by atoms with Crippen molar-refractivity contribution in [1.29, 1.82) is 0 Å². The van der Waals surface area contributed by atoms with Gasteiger partial charge in [0.05, 0.1) is 11.2 Å². The normalized spacial score (nSPS) is 15.7. The van der Waals surface area contributed by atoms with Crippen LogP contribution >= 0.6 is 23.4 Å². The second-order valence-corrected chi connectivity index (χ2v) is 5.26. The van der Waals surface area contributed by atoms with E-state index in [1.54, 1.807) is 11.8 Å². The van der Waals surface area contributed by atoms with Crippen molar-refractivity contribution in [3.63, 3.8) is 0 Å². The van der Waals surface area contributed by atoms with Crippen LogP contribution in [0.5, 0.6) is 0 Å². The van der Waals surface area contributed by atoms with Crippen LogP contribution in [0, 0.1) is 0 Å². The van der Waals surface area contributed by atoms with Crippen molar-refractivity contribution < 1.29 is 0 Å². The topological polar surface area (TPSA) is 12.4 Å². The lowest BCUT2D eigenvalue weighted by Gasteiger charge is -2.13. The van der Waals surface area contributed by atoms with Crippen LogP contribution in [0.2, 0.25) is 5.02 Å². The zero-order valence-corrected chi connectivity index (χ0v) is 11.1. The van der Waals surface area contributed by atoms with Gasteiger partial charge in [-0.15, -0.1) is 0 Å². The molecule has 0 N–H and O–H groups in total. The van der Waals surface area contributed by atoms with Gasteiger partial charge in [-0.25, -0.2) is 4.99 Å². The van der Waals surface area contributed by atoms with Gasteiger partial charge in [0.15, 0.2) is 0 Å². The van der Waals surface area contributed by atoms with E-state index in [1.165, 1.54) is 10.5 Å². The van der Waals surface area contributed by atoms with Gasteiger partial charge in [0.2, 0.25) is 0 Å². The van der Waals surface area contributed by atoms with E-state index < -0.39 is 0 Å². The zero-order valence-electron chi connectivity index (χ0n) is 9.51. The molecule has 2 aromatic rings. The van der Waals surface area contributed by atoms with Gasteiger partial charge in [-0.2, -0.15) is 0 Å². The van der Waals surface area contributed by atoms with Crippen LogP contribution in [0.15, 0.2) is 53.5 Å². The molecule has 0 bridgehead atoms. The smallest absolute Gasteiger partial charge is 0.0720 e. The van der Waals surface area contributed by atoms with Crippen LogP contribution in [0.1, 0.15) is 11.1 Å². The molecule has 1 nitrogen and oxygen atoms in total. The Labute approximate surface area is 115 Å². The SMILES string of the molecule is Clc1ccc2c(c1)/C(=C/c1ccccc1)SC=N2. The molecule has 1 aliphatic heterocycles. The summed E-state index contributed by atoms with van der Waals surface area (Å²) in [7, 11) is 0. The van der Waals surface area contributed by atoms with E-state index in [9.17, 15) is 0 Å². The largest absolute Gasteiger partial charge is 0.249 e. The minimum absolute atomic E-state index is 0.741. The highest BCUT2D eigenvalue weighted by Gasteiger charge is 2.12. The molecule has 0 unspecified atom stereocenters. The summed E-state index contributed by atoms with van der Waals surface area (Å²) in [6.45, 7) is 0. The standard InChI is InChI=1S/C15H10ClNS/c16-12-6-7-14-13(9-12)15(18-10-17-14)8-11-4-2-1-3-5-11/h1-10H/b15-8-. The quantitative estimate of drug-likeness (QED) is 0.690. The summed E-state index contributed by atoms with van der Waals surface area (Å²) in [6.07, 6.45) is 2.16. The predicted molar refractivity (Wildman–Crippen MR) is 81.5 cm³/mol. The number of hydrogen-bond acceptors (Lipinski definition) is 2. The fourth-order valence-electron chi connectivity index (χ4n) is 1.83. The van der Waals surface area contributed by atoms with Gasteiger partial charge in [-0.05, 0) is 29.8 Å². The molecule has 0 saturated carbocycles. The van der Waals surface area contributed by atoms with Crippen molar-refractivity contribution in [3.8, 4) is 0 Å². The predicted octanol–water partition coefficient (Wildman–Crippen LogP) is 5.24. The first kappa shape index (κ1) is 11.6. The first-order chi connectivity index (χ1) is 8.83. The van der Waals surface area contributed by atoms with Gasteiger partial charge in [0.1, 0.15) is 0 Å². The molecule has 1 heterocycles. The monoisotopic (exact) mass is 271 g/mol. The maximum atomic E-state index is 6.06. The summed E-state index contributed by atoms with van der Waals surface area (Å²) in [5, 5.41) is 0.741. The number of benzene rings is 2. The Balaban J connectivity index is 2.08. The summed E-state index contributed by atoms with van der Waals surface area (Å²) in [6, 6.07) is 16.0. The van der Waals surface area contributed by atoms with Crippen LogP contribution < -0.4 is 0 Å². The van der Waals surface area contributed by atoms with E-state index >= 15 is 0 Å². The van der Waals surface area contributed by atoms with Crippen LogP contribution in [0.25, 0.3) is 11.0 Å². The Hall–Kier alpha value is -1.51. The Morgan fingerprint density at radius 1 is 1.06 bits per heavy atom. The zero-order chi connectivity index (χ0) is 12.4. The summed E-state index contributed by atoms with van der Waals surface area (Å²) in [4.78, 5) is 5.54. The minimum atomic E-state index is 0.741. The highest BCUT2D eigenvalue weighted by atomic mass is 35.5. The lowest BCUT2D eigenvalue weighted by atomic mass is 10.1. The fourth-order valence-corrected chi connectivity index (χ4v) is 2.78. The highest BCUT2D eigenvalue weighted by Crippen LogP contribution is 2.39. The van der Waals surface area contributed by atoms with Gasteiger partial charge < -0.3 is 0 Å². The van der Waals surface area contributed by atoms with Crippen molar-refractivity contribution in [2.75, 3.05) is 0 Å². The van der Waals surface area contributed by atoms with Crippen LogP contribution in [-0.2, 0) is 0 Å². The van der Waals surface area contributed by atoms with Crippen molar-refractivity contribution >= 4 is 45.6 Å². The highest BCUT2D eigenvalue weighted by molar-refractivity contribution is 8.20. The number of halogens is 1. The molecule has 1 aliphatic rings. The molecule has 0 spiro atoms. The average Bonchev–Trinajstić information content (AvgIpc) is 2.41. The molecule has 0 fully saturated rings. The Morgan fingerprint density at radius 2 is 1.89 bits per heavy atom. The lowest BCUT2D eigenvalue weighted by molar-refractivity contribution is 1.51. The lowest BCUT2D eigenvalue weighted by Crippen LogP contribution is -1.88. The molecule has 18 heavy (non-hydrogen) atoms. The van der Waals surface area contributed by atoms with Gasteiger partial charge in [0.25, 0.3) is 0 Å². The number of thioether (sulfide) groups is 1. The molecular weight excluding hydrogens is 262 g/mol. The minimum Gasteiger partial charge on any atom is -0.249 e. The molecule has 88 valence electrons. The molecule has 0 amide bonds. The summed E-state index contributed by atoms with van der Waals surface area (Å²) in [5.41, 5.74) is 5.12. The molecule has 3 heteroatoms. The first-order valence-electron chi connectivity index (χ1n) is 5.59. The fraction of sp³-hybridized carbons (Fsp3) is 0. The van der Waals surface area contributed by atoms with Gasteiger partial charge in [-0.1, -0.05) is 53.7 Å². The molecule has 3 rings (SSSR count). The van der Waals surface area contributed by atoms with E-state index in [-0.39, 0.29) is 0 Å². The third-order valence-electron chi connectivity index (χ3n) is 2.69. The molecule has 0 atom stereocenters. The van der Waals surface area contributed by atoms with E-state index in [2.05, 4.69) is 23.2 Å². The van der Waals surface area contributed by atoms with Crippen LogP contribution in [0.3, 0.4) is 0 Å². The van der Waals surface area contributed by atoms with Crippen molar-refractivity contribution in [1.82, 2.24) is 0 Å². The van der Waals surface area contributed by atoms with Crippen LogP contribution in [0.4, 0.5) is 5.69 Å². The molecular formula is C15H10ClNS. The number of fused-ring (bicyclic) bond motifs is 1. The molecule has 0 aromatic heterocycles. The number of aliphatic imine (C=N–C) groups is 1. The Kier molecular flexibility index (Phi) is 3.22. The number of nitrogens with zero attached hydrogens (tertiary/aromatic N) is 1. The Bertz CT molecular complexity index is 632. The molecule has 0 radical (unpaired) electrons. The summed E-state index contributed by atoms with van der Waals surface area (Å²) >= 11 is 7.68. The number of hydrogen-bond donors (Lipinski definition) is 0. The van der Waals surface area contributed by atoms with E-state index in [4.69, 9.17) is 11.6 Å². The Morgan fingerprint density at radius 3 is 2.72 bits per heavy atom. The van der Waals surface area contributed by atoms with E-state index in [0.29, 0.717) is 0 Å². The maximum absolute atomic E-state index is 6.06. The average molecular weight is 272 g/mol. The number of rotatable bonds is 1. The van der Waals surface area contributed by atoms with Crippen LogP contribution in [-0.4, -0.2) is 5.55 Å². The maximum Gasteiger partial charge on any atom is 0.0720 e. The third kappa shape index (κ3) is 2.35. The van der Waals surface area contributed by atoms with Crippen molar-refractivity contribution in [2.24, 2.45) is 4.99 Å². The van der Waals surface area contributed by atoms with Gasteiger partial charge in [0, 0.05) is 15.5 Å². The second kappa shape index (κ2) is 5.01. The van der Waals surface area contributed by atoms with E-state index in [1.807, 2.05) is 41.9 Å². The second-order valence-electron chi connectivity index (χ2n) is 3.93. The van der Waals surface area contributed by atoms with E-state index in [0.717, 1.165) is 16.3 Å². The molecule has 0 aliphatic carbocycles.